The third-order valence-electron chi connectivity index (χ3n) is 3.80. The van der Waals surface area contributed by atoms with Gasteiger partial charge in [-0.15, -0.1) is 0 Å². The zero-order chi connectivity index (χ0) is 18.0. The normalized spacial score (nSPS) is 10.7. The van der Waals surface area contributed by atoms with Crippen molar-refractivity contribution in [2.75, 3.05) is 19.0 Å². The molecule has 0 saturated heterocycles. The fraction of sp³-hybridized carbons (Fsp3) is 0.278. The molecular formula is C18H20N6O. The Hall–Kier alpha value is -3.09. The average molecular weight is 336 g/mol. The van der Waals surface area contributed by atoms with E-state index in [1.807, 2.05) is 51.0 Å². The first-order valence-corrected chi connectivity index (χ1v) is 7.96. The Kier molecular flexibility index (Phi) is 4.56. The molecule has 3 rings (SSSR count). The zero-order valence-corrected chi connectivity index (χ0v) is 14.7. The summed E-state index contributed by atoms with van der Waals surface area (Å²) in [5.74, 6) is 0.467. The van der Waals surface area contributed by atoms with Crippen molar-refractivity contribution in [1.29, 1.82) is 0 Å². The Morgan fingerprint density at radius 1 is 1.12 bits per heavy atom. The maximum Gasteiger partial charge on any atom is 0.289 e. The Morgan fingerprint density at radius 3 is 2.52 bits per heavy atom. The highest BCUT2D eigenvalue weighted by Gasteiger charge is 2.17. The molecule has 128 valence electrons. The van der Waals surface area contributed by atoms with E-state index in [0.717, 1.165) is 22.2 Å². The minimum atomic E-state index is -0.331. The summed E-state index contributed by atoms with van der Waals surface area (Å²) in [7, 11) is 3.78. The number of aryl methyl sites for hydroxylation is 2. The first-order valence-electron chi connectivity index (χ1n) is 7.96. The third kappa shape index (κ3) is 3.55. The summed E-state index contributed by atoms with van der Waals surface area (Å²) in [4.78, 5) is 31.6. The molecule has 0 radical (unpaired) electrons. The number of rotatable bonds is 4. The van der Waals surface area contributed by atoms with Gasteiger partial charge in [0.15, 0.2) is 5.65 Å². The third-order valence-corrected chi connectivity index (χ3v) is 3.80. The number of pyridine rings is 2. The van der Waals surface area contributed by atoms with Crippen molar-refractivity contribution in [3.63, 3.8) is 0 Å². The van der Waals surface area contributed by atoms with Crippen LogP contribution in [0.2, 0.25) is 0 Å². The van der Waals surface area contributed by atoms with Crippen molar-refractivity contribution in [2.45, 2.75) is 20.4 Å². The molecule has 0 spiro atoms. The molecule has 1 amide bonds. The van der Waals surface area contributed by atoms with Gasteiger partial charge in [0.25, 0.3) is 5.91 Å². The van der Waals surface area contributed by atoms with Crippen LogP contribution in [0, 0.1) is 13.8 Å². The number of amides is 1. The lowest BCUT2D eigenvalue weighted by molar-refractivity contribution is 0.0941. The van der Waals surface area contributed by atoms with Gasteiger partial charge in [0.05, 0.1) is 5.39 Å². The fourth-order valence-corrected chi connectivity index (χ4v) is 2.64. The van der Waals surface area contributed by atoms with E-state index in [-0.39, 0.29) is 11.7 Å². The summed E-state index contributed by atoms with van der Waals surface area (Å²) in [6.45, 7) is 4.30. The summed E-state index contributed by atoms with van der Waals surface area (Å²) >= 11 is 0. The summed E-state index contributed by atoms with van der Waals surface area (Å²) in [6, 6.07) is 5.68. The van der Waals surface area contributed by atoms with Crippen molar-refractivity contribution in [3.8, 4) is 0 Å². The van der Waals surface area contributed by atoms with Crippen LogP contribution in [0.15, 0.2) is 30.6 Å². The van der Waals surface area contributed by atoms with Gasteiger partial charge in [0.1, 0.15) is 5.82 Å². The number of carbonyl (C=O) groups is 1. The van der Waals surface area contributed by atoms with Crippen LogP contribution in [0.1, 0.15) is 27.4 Å². The SMILES string of the molecule is Cc1cc(C)c2c(N(C)C)nc(C(=O)NCc3ccncc3)nc2n1. The molecule has 7 heteroatoms. The number of aromatic nitrogens is 4. The number of carbonyl (C=O) groups excluding carboxylic acids is 1. The molecule has 3 aromatic rings. The van der Waals surface area contributed by atoms with Gasteiger partial charge in [-0.3, -0.25) is 9.78 Å². The topological polar surface area (TPSA) is 83.9 Å². The standard InChI is InChI=1S/C18H20N6O/c1-11-9-12(2)21-15-14(11)17(24(3)4)23-16(22-15)18(25)20-10-13-5-7-19-8-6-13/h5-9H,10H2,1-4H3,(H,20,25). The zero-order valence-electron chi connectivity index (χ0n) is 14.7. The van der Waals surface area contributed by atoms with Crippen LogP contribution >= 0.6 is 0 Å². The van der Waals surface area contributed by atoms with Gasteiger partial charge in [-0.05, 0) is 43.2 Å². The maximum absolute atomic E-state index is 12.5. The first kappa shape index (κ1) is 16.8. The first-order chi connectivity index (χ1) is 12.0. The van der Waals surface area contributed by atoms with Gasteiger partial charge in [-0.1, -0.05) is 0 Å². The van der Waals surface area contributed by atoms with Crippen LogP contribution in [-0.4, -0.2) is 39.9 Å². The van der Waals surface area contributed by atoms with Crippen LogP contribution in [0.3, 0.4) is 0 Å². The highest BCUT2D eigenvalue weighted by Crippen LogP contribution is 2.25. The van der Waals surface area contributed by atoms with Crippen LogP contribution < -0.4 is 10.2 Å². The minimum absolute atomic E-state index is 0.114. The quantitative estimate of drug-likeness (QED) is 0.785. The molecule has 0 unspecified atom stereocenters. The Bertz CT molecular complexity index is 924. The molecule has 1 N–H and O–H groups in total. The maximum atomic E-state index is 12.5. The lowest BCUT2D eigenvalue weighted by atomic mass is 10.1. The second-order valence-corrected chi connectivity index (χ2v) is 6.08. The van der Waals surface area contributed by atoms with E-state index in [1.165, 1.54) is 0 Å². The molecule has 3 aromatic heterocycles. The lowest BCUT2D eigenvalue weighted by Crippen LogP contribution is -2.26. The number of nitrogens with zero attached hydrogens (tertiary/aromatic N) is 5. The molecule has 25 heavy (non-hydrogen) atoms. The van der Waals surface area contributed by atoms with Gasteiger partial charge in [-0.25, -0.2) is 15.0 Å². The molecular weight excluding hydrogens is 316 g/mol. The highest BCUT2D eigenvalue weighted by molar-refractivity contribution is 5.96. The number of nitrogens with one attached hydrogen (secondary N) is 1. The monoisotopic (exact) mass is 336 g/mol. The Morgan fingerprint density at radius 2 is 1.84 bits per heavy atom. The molecule has 3 heterocycles. The van der Waals surface area contributed by atoms with Gasteiger partial charge in [0.2, 0.25) is 5.82 Å². The smallest absolute Gasteiger partial charge is 0.289 e. The highest BCUT2D eigenvalue weighted by atomic mass is 16.2. The van der Waals surface area contributed by atoms with Gasteiger partial charge < -0.3 is 10.2 Å². The van der Waals surface area contributed by atoms with Crippen molar-refractivity contribution in [2.24, 2.45) is 0 Å². The number of fused-ring (bicyclic) bond motifs is 1. The van der Waals surface area contributed by atoms with Gasteiger partial charge in [-0.2, -0.15) is 0 Å². The van der Waals surface area contributed by atoms with Crippen molar-refractivity contribution >= 4 is 22.8 Å². The van der Waals surface area contributed by atoms with Crippen molar-refractivity contribution in [1.82, 2.24) is 25.3 Å². The Balaban J connectivity index is 1.97. The van der Waals surface area contributed by atoms with E-state index in [1.54, 1.807) is 12.4 Å². The van der Waals surface area contributed by atoms with Crippen LogP contribution in [-0.2, 0) is 6.54 Å². The van der Waals surface area contributed by atoms with Gasteiger partial charge in [0, 0.05) is 38.7 Å². The molecule has 7 nitrogen and oxygen atoms in total. The summed E-state index contributed by atoms with van der Waals surface area (Å²) in [5.41, 5.74) is 3.39. The average Bonchev–Trinajstić information content (AvgIpc) is 2.59. The molecule has 0 atom stereocenters. The van der Waals surface area contributed by atoms with E-state index < -0.39 is 0 Å². The molecule has 0 aliphatic heterocycles. The summed E-state index contributed by atoms with van der Waals surface area (Å²) in [6.07, 6.45) is 3.38. The van der Waals surface area contributed by atoms with Crippen molar-refractivity contribution in [3.05, 3.63) is 53.2 Å². The lowest BCUT2D eigenvalue weighted by Gasteiger charge is -2.16. The summed E-state index contributed by atoms with van der Waals surface area (Å²) < 4.78 is 0. The molecule has 0 aromatic carbocycles. The number of anilines is 1. The predicted molar refractivity (Wildman–Crippen MR) is 96.5 cm³/mol. The van der Waals surface area contributed by atoms with Crippen LogP contribution in [0.25, 0.3) is 11.0 Å². The second-order valence-electron chi connectivity index (χ2n) is 6.08. The Labute approximate surface area is 146 Å². The second kappa shape index (κ2) is 6.80. The number of hydrogen-bond donors (Lipinski definition) is 1. The largest absolute Gasteiger partial charge is 0.362 e. The molecule has 0 aliphatic rings. The minimum Gasteiger partial charge on any atom is -0.362 e. The molecule has 0 bridgehead atoms. The van der Waals surface area contributed by atoms with E-state index in [9.17, 15) is 4.79 Å². The van der Waals surface area contributed by atoms with E-state index in [0.29, 0.717) is 18.0 Å². The van der Waals surface area contributed by atoms with E-state index >= 15 is 0 Å². The van der Waals surface area contributed by atoms with Crippen molar-refractivity contribution < 1.29 is 4.79 Å². The van der Waals surface area contributed by atoms with Crippen LogP contribution in [0.5, 0.6) is 0 Å². The molecule has 0 saturated carbocycles. The van der Waals surface area contributed by atoms with E-state index in [2.05, 4.69) is 25.3 Å². The van der Waals surface area contributed by atoms with E-state index in [4.69, 9.17) is 0 Å². The summed E-state index contributed by atoms with van der Waals surface area (Å²) in [5, 5.41) is 3.70. The number of hydrogen-bond acceptors (Lipinski definition) is 6. The predicted octanol–water partition coefficient (Wildman–Crippen LogP) is 2.03. The molecule has 0 fully saturated rings. The fourth-order valence-electron chi connectivity index (χ4n) is 2.64. The van der Waals surface area contributed by atoms with Crippen LogP contribution in [0.4, 0.5) is 5.82 Å². The van der Waals surface area contributed by atoms with Gasteiger partial charge >= 0.3 is 0 Å². The molecule has 0 aliphatic carbocycles.